The van der Waals surface area contributed by atoms with E-state index in [1.807, 2.05) is 13.0 Å². The Kier molecular flexibility index (Phi) is 3.57. The Bertz CT molecular complexity index is 584. The van der Waals surface area contributed by atoms with Crippen molar-refractivity contribution < 1.29 is 14.3 Å². The molecule has 0 amide bonds. The lowest BCUT2D eigenvalue weighted by Crippen LogP contribution is -2.03. The Balaban J connectivity index is 2.01. The second-order valence-corrected chi connectivity index (χ2v) is 3.86. The number of phenols is 1. The Morgan fingerprint density at radius 3 is 2.78 bits per heavy atom. The number of ketones is 1. The lowest BCUT2D eigenvalue weighted by molar-refractivity contribution is 0.0999. The summed E-state index contributed by atoms with van der Waals surface area (Å²) < 4.78 is 5.28. The standard InChI is InChI=1S/C14H13NO3/c1-10-6-7-11(18-10)8-15-9-14(17)12-4-2-3-5-13(12)16/h2-8,16H,9H2,1H3. The van der Waals surface area contributed by atoms with Gasteiger partial charge in [0, 0.05) is 0 Å². The first-order valence-electron chi connectivity index (χ1n) is 5.54. The van der Waals surface area contributed by atoms with Crippen molar-refractivity contribution in [2.75, 3.05) is 6.54 Å². The lowest BCUT2D eigenvalue weighted by Gasteiger charge is -1.99. The van der Waals surface area contributed by atoms with Crippen molar-refractivity contribution in [3.63, 3.8) is 0 Å². The molecule has 0 fully saturated rings. The fraction of sp³-hybridized carbons (Fsp3) is 0.143. The van der Waals surface area contributed by atoms with Crippen LogP contribution in [0.2, 0.25) is 0 Å². The first-order valence-corrected chi connectivity index (χ1v) is 5.54. The van der Waals surface area contributed by atoms with Gasteiger partial charge in [-0.3, -0.25) is 9.79 Å². The minimum absolute atomic E-state index is 0.0165. The van der Waals surface area contributed by atoms with Gasteiger partial charge in [0.2, 0.25) is 0 Å². The topological polar surface area (TPSA) is 62.8 Å². The van der Waals surface area contributed by atoms with Crippen LogP contribution in [0.5, 0.6) is 5.75 Å². The van der Waals surface area contributed by atoms with Crippen LogP contribution in [0.4, 0.5) is 0 Å². The van der Waals surface area contributed by atoms with Gasteiger partial charge in [0.25, 0.3) is 0 Å². The molecule has 92 valence electrons. The first kappa shape index (κ1) is 12.1. The van der Waals surface area contributed by atoms with Gasteiger partial charge in [0.05, 0.1) is 11.8 Å². The molecule has 0 bridgehead atoms. The molecule has 0 saturated heterocycles. The summed E-state index contributed by atoms with van der Waals surface area (Å²) >= 11 is 0. The van der Waals surface area contributed by atoms with Gasteiger partial charge in [-0.15, -0.1) is 0 Å². The molecule has 1 N–H and O–H groups in total. The molecule has 4 nitrogen and oxygen atoms in total. The molecular weight excluding hydrogens is 230 g/mol. The summed E-state index contributed by atoms with van der Waals surface area (Å²) in [5.41, 5.74) is 0.283. The molecule has 1 heterocycles. The molecule has 1 aromatic heterocycles. The van der Waals surface area contributed by atoms with Crippen molar-refractivity contribution in [3.8, 4) is 5.75 Å². The summed E-state index contributed by atoms with van der Waals surface area (Å²) in [5, 5.41) is 9.51. The van der Waals surface area contributed by atoms with Crippen LogP contribution >= 0.6 is 0 Å². The average molecular weight is 243 g/mol. The molecule has 0 saturated carbocycles. The third-order valence-corrected chi connectivity index (χ3v) is 2.42. The van der Waals surface area contributed by atoms with E-state index in [0.717, 1.165) is 5.76 Å². The molecule has 4 heteroatoms. The molecule has 2 aromatic rings. The highest BCUT2D eigenvalue weighted by Gasteiger charge is 2.08. The summed E-state index contributed by atoms with van der Waals surface area (Å²) in [6.45, 7) is 1.82. The van der Waals surface area contributed by atoms with Gasteiger partial charge in [-0.05, 0) is 31.2 Å². The predicted molar refractivity (Wildman–Crippen MR) is 68.3 cm³/mol. The van der Waals surface area contributed by atoms with E-state index in [1.54, 1.807) is 24.3 Å². The third kappa shape index (κ3) is 2.85. The highest BCUT2D eigenvalue weighted by atomic mass is 16.3. The van der Waals surface area contributed by atoms with E-state index in [0.29, 0.717) is 5.76 Å². The van der Waals surface area contributed by atoms with Crippen LogP contribution in [-0.4, -0.2) is 23.6 Å². The highest BCUT2D eigenvalue weighted by molar-refractivity contribution is 6.00. The molecule has 0 spiro atoms. The van der Waals surface area contributed by atoms with Gasteiger partial charge >= 0.3 is 0 Å². The molecule has 0 radical (unpaired) electrons. The summed E-state index contributed by atoms with van der Waals surface area (Å²) in [4.78, 5) is 15.7. The van der Waals surface area contributed by atoms with Crippen molar-refractivity contribution in [3.05, 3.63) is 53.5 Å². The number of carbonyl (C=O) groups is 1. The van der Waals surface area contributed by atoms with Crippen LogP contribution < -0.4 is 0 Å². The minimum atomic E-state index is -0.229. The molecule has 0 atom stereocenters. The van der Waals surface area contributed by atoms with Crippen LogP contribution in [0, 0.1) is 6.92 Å². The number of Topliss-reactive ketones (excluding diaryl/α,β-unsaturated/α-hetero) is 1. The van der Waals surface area contributed by atoms with Gasteiger partial charge in [0.15, 0.2) is 5.78 Å². The fourth-order valence-electron chi connectivity index (χ4n) is 1.54. The molecule has 0 aliphatic rings. The number of para-hydroxylation sites is 1. The number of aryl methyl sites for hydroxylation is 1. The lowest BCUT2D eigenvalue weighted by atomic mass is 10.1. The zero-order chi connectivity index (χ0) is 13.0. The van der Waals surface area contributed by atoms with Crippen molar-refractivity contribution in [2.45, 2.75) is 6.92 Å². The van der Waals surface area contributed by atoms with Crippen molar-refractivity contribution in [1.29, 1.82) is 0 Å². The van der Waals surface area contributed by atoms with E-state index in [9.17, 15) is 9.90 Å². The summed E-state index contributed by atoms with van der Waals surface area (Å²) in [7, 11) is 0. The Morgan fingerprint density at radius 2 is 2.11 bits per heavy atom. The van der Waals surface area contributed by atoms with Crippen molar-refractivity contribution in [2.24, 2.45) is 4.99 Å². The number of aromatic hydroxyl groups is 1. The first-order chi connectivity index (χ1) is 8.66. The van der Waals surface area contributed by atoms with Gasteiger partial charge in [-0.1, -0.05) is 12.1 Å². The monoisotopic (exact) mass is 243 g/mol. The fourth-order valence-corrected chi connectivity index (χ4v) is 1.54. The molecule has 18 heavy (non-hydrogen) atoms. The van der Waals surface area contributed by atoms with Gasteiger partial charge in [-0.25, -0.2) is 0 Å². The Morgan fingerprint density at radius 1 is 1.33 bits per heavy atom. The number of phenolic OH excluding ortho intramolecular Hbond substituents is 1. The van der Waals surface area contributed by atoms with E-state index in [2.05, 4.69) is 4.99 Å². The quantitative estimate of drug-likeness (QED) is 0.663. The van der Waals surface area contributed by atoms with Crippen molar-refractivity contribution in [1.82, 2.24) is 0 Å². The van der Waals surface area contributed by atoms with Gasteiger partial charge in [0.1, 0.15) is 23.8 Å². The van der Waals surface area contributed by atoms with Gasteiger partial charge in [-0.2, -0.15) is 0 Å². The number of benzene rings is 1. The van der Waals surface area contributed by atoms with E-state index in [1.165, 1.54) is 12.3 Å². The number of carbonyl (C=O) groups excluding carboxylic acids is 1. The number of hydrogen-bond donors (Lipinski definition) is 1. The summed E-state index contributed by atoms with van der Waals surface area (Å²) in [6.07, 6.45) is 1.50. The van der Waals surface area contributed by atoms with E-state index >= 15 is 0 Å². The number of furan rings is 1. The van der Waals surface area contributed by atoms with Crippen LogP contribution in [0.1, 0.15) is 21.9 Å². The number of rotatable bonds is 4. The van der Waals surface area contributed by atoms with E-state index in [4.69, 9.17) is 4.42 Å². The zero-order valence-electron chi connectivity index (χ0n) is 9.96. The van der Waals surface area contributed by atoms with Crippen LogP contribution in [0.25, 0.3) is 0 Å². The second kappa shape index (κ2) is 5.31. The van der Waals surface area contributed by atoms with Crippen molar-refractivity contribution >= 4 is 12.0 Å². The number of nitrogens with zero attached hydrogens (tertiary/aromatic N) is 1. The smallest absolute Gasteiger partial charge is 0.187 e. The van der Waals surface area contributed by atoms with E-state index < -0.39 is 0 Å². The predicted octanol–water partition coefficient (Wildman–Crippen LogP) is 2.60. The second-order valence-electron chi connectivity index (χ2n) is 3.86. The largest absolute Gasteiger partial charge is 0.507 e. The molecule has 2 rings (SSSR count). The zero-order valence-corrected chi connectivity index (χ0v) is 9.96. The molecule has 0 aliphatic heterocycles. The molecule has 0 unspecified atom stereocenters. The van der Waals surface area contributed by atoms with E-state index in [-0.39, 0.29) is 23.6 Å². The van der Waals surface area contributed by atoms with Gasteiger partial charge < -0.3 is 9.52 Å². The molecule has 1 aromatic carbocycles. The molecule has 0 aliphatic carbocycles. The maximum atomic E-state index is 11.8. The maximum absolute atomic E-state index is 11.8. The third-order valence-electron chi connectivity index (χ3n) is 2.42. The summed E-state index contributed by atoms with van der Waals surface area (Å²) in [6, 6.07) is 10.0. The van der Waals surface area contributed by atoms with Crippen LogP contribution in [0.3, 0.4) is 0 Å². The summed E-state index contributed by atoms with van der Waals surface area (Å²) in [5.74, 6) is 1.15. The van der Waals surface area contributed by atoms with Crippen LogP contribution in [0.15, 0.2) is 45.8 Å². The Hall–Kier alpha value is -2.36. The number of hydrogen-bond acceptors (Lipinski definition) is 4. The molecular formula is C14H13NO3. The minimum Gasteiger partial charge on any atom is -0.507 e. The maximum Gasteiger partial charge on any atom is 0.187 e. The highest BCUT2D eigenvalue weighted by Crippen LogP contribution is 2.16. The SMILES string of the molecule is Cc1ccc(C=NCC(=O)c2ccccc2O)o1. The Labute approximate surface area is 105 Å². The number of aliphatic imine (C=N–C) groups is 1. The normalized spacial score (nSPS) is 10.9. The van der Waals surface area contributed by atoms with Crippen LogP contribution in [-0.2, 0) is 0 Å². The average Bonchev–Trinajstić information content (AvgIpc) is 2.75.